The van der Waals surface area contributed by atoms with Gasteiger partial charge < -0.3 is 5.32 Å². The highest BCUT2D eigenvalue weighted by Gasteiger charge is 2.14. The van der Waals surface area contributed by atoms with Gasteiger partial charge in [-0.1, -0.05) is 48.4 Å². The Morgan fingerprint density at radius 2 is 1.95 bits per heavy atom. The Balaban J connectivity index is 2.06. The Kier molecular flexibility index (Phi) is 5.65. The molecule has 104 valence electrons. The summed E-state index contributed by atoms with van der Waals surface area (Å²) < 4.78 is 0. The molecule has 1 unspecified atom stereocenters. The predicted molar refractivity (Wildman–Crippen MR) is 83.4 cm³/mol. The van der Waals surface area contributed by atoms with E-state index in [9.17, 15) is 0 Å². The molecule has 0 heterocycles. The van der Waals surface area contributed by atoms with Crippen LogP contribution in [0.2, 0.25) is 0 Å². The minimum atomic E-state index is 0.491. The molecular formula is C18H27N. The van der Waals surface area contributed by atoms with Crippen LogP contribution in [0.5, 0.6) is 0 Å². The molecule has 1 nitrogen and oxygen atoms in total. The Labute approximate surface area is 118 Å². The average Bonchev–Trinajstić information content (AvgIpc) is 2.45. The first kappa shape index (κ1) is 14.3. The lowest BCUT2D eigenvalue weighted by Crippen LogP contribution is -2.23. The van der Waals surface area contributed by atoms with Crippen molar-refractivity contribution in [3.63, 3.8) is 0 Å². The van der Waals surface area contributed by atoms with Crippen LogP contribution in [0.15, 0.2) is 35.9 Å². The van der Waals surface area contributed by atoms with E-state index >= 15 is 0 Å². The first-order chi connectivity index (χ1) is 9.29. The highest BCUT2D eigenvalue weighted by atomic mass is 14.9. The molecule has 0 fully saturated rings. The van der Waals surface area contributed by atoms with Crippen LogP contribution >= 0.6 is 0 Å². The highest BCUT2D eigenvalue weighted by Crippen LogP contribution is 2.27. The number of benzene rings is 1. The standard InChI is InChI=1S/C18H27N/c1-3-13-19-18(14-16-7-5-4-6-8-16)17-11-9-15(2)10-12-17/h7,9-12,18-19H,3-6,8,13-14H2,1-2H3. The van der Waals surface area contributed by atoms with Crippen molar-refractivity contribution in [1.82, 2.24) is 5.32 Å². The van der Waals surface area contributed by atoms with Crippen LogP contribution in [-0.4, -0.2) is 6.54 Å². The second-order valence-electron chi connectivity index (χ2n) is 5.73. The fraction of sp³-hybridized carbons (Fsp3) is 0.556. The van der Waals surface area contributed by atoms with Gasteiger partial charge in [0.25, 0.3) is 0 Å². The summed E-state index contributed by atoms with van der Waals surface area (Å²) in [5, 5.41) is 3.71. The summed E-state index contributed by atoms with van der Waals surface area (Å²) in [5.74, 6) is 0. The van der Waals surface area contributed by atoms with Crippen molar-refractivity contribution in [2.45, 2.75) is 58.4 Å². The second-order valence-corrected chi connectivity index (χ2v) is 5.73. The zero-order valence-corrected chi connectivity index (χ0v) is 12.4. The molecule has 0 saturated carbocycles. The van der Waals surface area contributed by atoms with Gasteiger partial charge in [-0.05, 0) is 57.6 Å². The number of nitrogens with one attached hydrogen (secondary N) is 1. The molecule has 1 heteroatoms. The number of rotatable bonds is 6. The summed E-state index contributed by atoms with van der Waals surface area (Å²) in [7, 11) is 0. The number of allylic oxidation sites excluding steroid dienone is 1. The van der Waals surface area contributed by atoms with Crippen LogP contribution in [0.1, 0.15) is 62.6 Å². The van der Waals surface area contributed by atoms with Crippen molar-refractivity contribution < 1.29 is 0 Å². The van der Waals surface area contributed by atoms with Crippen molar-refractivity contribution in [3.8, 4) is 0 Å². The summed E-state index contributed by atoms with van der Waals surface area (Å²) in [6.07, 6.45) is 10.2. The van der Waals surface area contributed by atoms with Gasteiger partial charge in [-0.25, -0.2) is 0 Å². The molecule has 0 spiro atoms. The monoisotopic (exact) mass is 257 g/mol. The van der Waals surface area contributed by atoms with Crippen molar-refractivity contribution in [2.24, 2.45) is 0 Å². The molecule has 1 atom stereocenters. The molecule has 1 aliphatic carbocycles. The van der Waals surface area contributed by atoms with Gasteiger partial charge >= 0.3 is 0 Å². The molecule has 1 aromatic rings. The smallest absolute Gasteiger partial charge is 0.0357 e. The van der Waals surface area contributed by atoms with Crippen molar-refractivity contribution in [1.29, 1.82) is 0 Å². The van der Waals surface area contributed by atoms with E-state index in [4.69, 9.17) is 0 Å². The lowest BCUT2D eigenvalue weighted by Gasteiger charge is -2.22. The van der Waals surface area contributed by atoms with E-state index in [2.05, 4.69) is 49.5 Å². The fourth-order valence-corrected chi connectivity index (χ4v) is 2.78. The van der Waals surface area contributed by atoms with Crippen molar-refractivity contribution in [2.75, 3.05) is 6.54 Å². The van der Waals surface area contributed by atoms with Crippen LogP contribution in [-0.2, 0) is 0 Å². The topological polar surface area (TPSA) is 12.0 Å². The first-order valence-corrected chi connectivity index (χ1v) is 7.77. The molecule has 0 aromatic heterocycles. The molecule has 2 rings (SSSR count). The van der Waals surface area contributed by atoms with Gasteiger partial charge in [0.05, 0.1) is 0 Å². The predicted octanol–water partition coefficient (Wildman–Crippen LogP) is 4.93. The summed E-state index contributed by atoms with van der Waals surface area (Å²) in [4.78, 5) is 0. The Morgan fingerprint density at radius 3 is 2.58 bits per heavy atom. The van der Waals surface area contributed by atoms with Crippen molar-refractivity contribution >= 4 is 0 Å². The highest BCUT2D eigenvalue weighted by molar-refractivity contribution is 5.25. The summed E-state index contributed by atoms with van der Waals surface area (Å²) in [5.41, 5.74) is 4.43. The number of aryl methyl sites for hydroxylation is 1. The number of hydrogen-bond donors (Lipinski definition) is 1. The molecule has 1 aromatic carbocycles. The zero-order valence-electron chi connectivity index (χ0n) is 12.4. The van der Waals surface area contributed by atoms with Crippen LogP contribution in [0, 0.1) is 6.92 Å². The van der Waals surface area contributed by atoms with Gasteiger partial charge in [0.15, 0.2) is 0 Å². The minimum absolute atomic E-state index is 0.491. The van der Waals surface area contributed by atoms with E-state index in [1.54, 1.807) is 5.57 Å². The van der Waals surface area contributed by atoms with Gasteiger partial charge in [-0.3, -0.25) is 0 Å². The summed E-state index contributed by atoms with van der Waals surface area (Å²) in [6, 6.07) is 9.51. The largest absolute Gasteiger partial charge is 0.310 e. The number of hydrogen-bond acceptors (Lipinski definition) is 1. The minimum Gasteiger partial charge on any atom is -0.310 e. The lowest BCUT2D eigenvalue weighted by atomic mass is 9.91. The fourth-order valence-electron chi connectivity index (χ4n) is 2.78. The molecule has 1 N–H and O–H groups in total. The lowest BCUT2D eigenvalue weighted by molar-refractivity contribution is 0.511. The zero-order chi connectivity index (χ0) is 13.5. The van der Waals surface area contributed by atoms with Gasteiger partial charge in [0.2, 0.25) is 0 Å². The maximum absolute atomic E-state index is 3.71. The summed E-state index contributed by atoms with van der Waals surface area (Å²) >= 11 is 0. The Bertz CT molecular complexity index is 402. The van der Waals surface area contributed by atoms with Gasteiger partial charge in [-0.15, -0.1) is 0 Å². The quantitative estimate of drug-likeness (QED) is 0.713. The van der Waals surface area contributed by atoms with E-state index < -0.39 is 0 Å². The molecule has 0 amide bonds. The van der Waals surface area contributed by atoms with Crippen LogP contribution < -0.4 is 5.32 Å². The van der Waals surface area contributed by atoms with E-state index in [0.29, 0.717) is 6.04 Å². The van der Waals surface area contributed by atoms with Crippen LogP contribution in [0.4, 0.5) is 0 Å². The molecule has 0 radical (unpaired) electrons. The third-order valence-electron chi connectivity index (χ3n) is 3.97. The Morgan fingerprint density at radius 1 is 1.16 bits per heavy atom. The molecule has 0 aliphatic heterocycles. The SMILES string of the molecule is CCCNC(CC1=CCCCC1)c1ccc(C)cc1. The second kappa shape index (κ2) is 7.49. The Hall–Kier alpha value is -1.08. The van der Waals surface area contributed by atoms with E-state index in [-0.39, 0.29) is 0 Å². The van der Waals surface area contributed by atoms with Crippen LogP contribution in [0.25, 0.3) is 0 Å². The third-order valence-corrected chi connectivity index (χ3v) is 3.97. The van der Waals surface area contributed by atoms with E-state index in [1.807, 2.05) is 0 Å². The summed E-state index contributed by atoms with van der Waals surface area (Å²) in [6.45, 7) is 5.49. The molecule has 0 saturated heterocycles. The average molecular weight is 257 g/mol. The van der Waals surface area contributed by atoms with Gasteiger partial charge in [-0.2, -0.15) is 0 Å². The van der Waals surface area contributed by atoms with Gasteiger partial charge in [0.1, 0.15) is 0 Å². The maximum atomic E-state index is 3.71. The van der Waals surface area contributed by atoms with Crippen LogP contribution in [0.3, 0.4) is 0 Å². The first-order valence-electron chi connectivity index (χ1n) is 7.77. The maximum Gasteiger partial charge on any atom is 0.0357 e. The third kappa shape index (κ3) is 4.50. The molecular weight excluding hydrogens is 230 g/mol. The van der Waals surface area contributed by atoms with E-state index in [0.717, 1.165) is 6.54 Å². The molecule has 19 heavy (non-hydrogen) atoms. The normalized spacial score (nSPS) is 17.1. The molecule has 1 aliphatic rings. The van der Waals surface area contributed by atoms with Crippen molar-refractivity contribution in [3.05, 3.63) is 47.0 Å². The van der Waals surface area contributed by atoms with E-state index in [1.165, 1.54) is 49.7 Å². The van der Waals surface area contributed by atoms with Gasteiger partial charge in [0, 0.05) is 6.04 Å². The molecule has 0 bridgehead atoms.